The van der Waals surface area contributed by atoms with Crippen LogP contribution in [0.4, 0.5) is 5.69 Å². The fraction of sp³-hybridized carbons (Fsp3) is 0.120. The zero-order valence-corrected chi connectivity index (χ0v) is 19.0. The summed E-state index contributed by atoms with van der Waals surface area (Å²) in [6.45, 7) is 2.02. The van der Waals surface area contributed by atoms with E-state index in [4.69, 9.17) is 14.5 Å². The highest BCUT2D eigenvalue weighted by Gasteiger charge is 2.22. The lowest BCUT2D eigenvalue weighted by molar-refractivity contribution is -0.115. The topological polar surface area (TPSA) is 90.6 Å². The molecule has 1 unspecified atom stereocenters. The van der Waals surface area contributed by atoms with Crippen LogP contribution in [0.1, 0.15) is 6.92 Å². The highest BCUT2D eigenvalue weighted by atomic mass is 32.2. The molecule has 5 aromatic rings. The second-order valence-corrected chi connectivity index (χ2v) is 9.09. The van der Waals surface area contributed by atoms with Gasteiger partial charge in [-0.2, -0.15) is 0 Å². The molecule has 8 nitrogen and oxygen atoms in total. The molecule has 0 radical (unpaired) electrons. The second-order valence-electron chi connectivity index (χ2n) is 7.78. The van der Waals surface area contributed by atoms with Gasteiger partial charge in [0.1, 0.15) is 5.82 Å². The zero-order valence-electron chi connectivity index (χ0n) is 18.1. The van der Waals surface area contributed by atoms with Crippen molar-refractivity contribution in [3.8, 4) is 22.9 Å². The molecule has 0 aliphatic carbocycles. The van der Waals surface area contributed by atoms with Crippen molar-refractivity contribution in [3.63, 3.8) is 0 Å². The molecule has 3 heterocycles. The van der Waals surface area contributed by atoms with Crippen LogP contribution in [0.3, 0.4) is 0 Å². The molecule has 1 aliphatic heterocycles. The van der Waals surface area contributed by atoms with Crippen LogP contribution in [0.2, 0.25) is 0 Å². The predicted octanol–water partition coefficient (Wildman–Crippen LogP) is 4.79. The van der Waals surface area contributed by atoms with Crippen LogP contribution in [-0.4, -0.2) is 37.5 Å². The summed E-state index contributed by atoms with van der Waals surface area (Å²) in [5.74, 6) is 1.86. The normalized spacial score (nSPS) is 13.3. The van der Waals surface area contributed by atoms with Gasteiger partial charge in [-0.25, -0.2) is 4.98 Å². The second kappa shape index (κ2) is 8.35. The molecule has 168 valence electrons. The number of rotatable bonds is 5. The van der Waals surface area contributed by atoms with Crippen molar-refractivity contribution in [2.75, 3.05) is 12.1 Å². The van der Waals surface area contributed by atoms with Crippen LogP contribution in [0.15, 0.2) is 78.0 Å². The van der Waals surface area contributed by atoms with E-state index in [1.54, 1.807) is 18.2 Å². The van der Waals surface area contributed by atoms with E-state index in [0.29, 0.717) is 28.0 Å². The lowest BCUT2D eigenvalue weighted by Crippen LogP contribution is -2.22. The summed E-state index contributed by atoms with van der Waals surface area (Å²) in [5, 5.41) is 12.9. The van der Waals surface area contributed by atoms with Gasteiger partial charge in [-0.1, -0.05) is 54.2 Å². The molecule has 0 saturated heterocycles. The van der Waals surface area contributed by atoms with E-state index in [0.717, 1.165) is 22.3 Å². The fourth-order valence-electron chi connectivity index (χ4n) is 3.85. The van der Waals surface area contributed by atoms with Crippen LogP contribution >= 0.6 is 11.8 Å². The summed E-state index contributed by atoms with van der Waals surface area (Å²) in [5.41, 5.74) is 3.13. The van der Waals surface area contributed by atoms with Crippen molar-refractivity contribution in [3.05, 3.63) is 72.8 Å². The molecule has 0 spiro atoms. The number of hydrogen-bond acceptors (Lipinski definition) is 7. The van der Waals surface area contributed by atoms with Crippen LogP contribution in [0.25, 0.3) is 27.9 Å². The number of nitrogens with zero attached hydrogens (tertiary/aromatic N) is 4. The molecule has 0 bridgehead atoms. The molecular formula is C25H19N5O3S. The van der Waals surface area contributed by atoms with Gasteiger partial charge in [-0.3, -0.25) is 9.20 Å². The third-order valence-corrected chi connectivity index (χ3v) is 6.58. The predicted molar refractivity (Wildman–Crippen MR) is 130 cm³/mol. The van der Waals surface area contributed by atoms with Gasteiger partial charge >= 0.3 is 0 Å². The molecule has 1 aliphatic rings. The van der Waals surface area contributed by atoms with Crippen molar-refractivity contribution in [2.24, 2.45) is 0 Å². The van der Waals surface area contributed by atoms with Crippen LogP contribution in [-0.2, 0) is 4.79 Å². The van der Waals surface area contributed by atoms with E-state index < -0.39 is 5.25 Å². The Bertz CT molecular complexity index is 1540. The Kier molecular flexibility index (Phi) is 5.03. The Morgan fingerprint density at radius 2 is 1.79 bits per heavy atom. The van der Waals surface area contributed by atoms with Gasteiger partial charge in [0.05, 0.1) is 10.8 Å². The maximum Gasteiger partial charge on any atom is 0.237 e. The standard InChI is InChI=1S/C25H19N5O3S/c1-15(24(31)26-17-11-12-20-21(13-17)33-14-32-20)34-25-29-28-23-18-9-5-6-10-19(18)27-22(30(23)25)16-7-3-2-4-8-16/h2-13,15H,14H2,1H3,(H,26,31). The van der Waals surface area contributed by atoms with E-state index in [1.165, 1.54) is 11.8 Å². The molecule has 0 saturated carbocycles. The maximum atomic E-state index is 13.0. The molecule has 3 aromatic carbocycles. The quantitative estimate of drug-likeness (QED) is 0.370. The number of thioether (sulfide) groups is 1. The van der Waals surface area contributed by atoms with Crippen molar-refractivity contribution < 1.29 is 14.3 Å². The average molecular weight is 470 g/mol. The summed E-state index contributed by atoms with van der Waals surface area (Å²) in [6.07, 6.45) is 0. The summed E-state index contributed by atoms with van der Waals surface area (Å²) < 4.78 is 12.7. The Hall–Kier alpha value is -4.11. The van der Waals surface area contributed by atoms with E-state index >= 15 is 0 Å². The summed E-state index contributed by atoms with van der Waals surface area (Å²) >= 11 is 1.33. The summed E-state index contributed by atoms with van der Waals surface area (Å²) in [4.78, 5) is 17.9. The first-order valence-electron chi connectivity index (χ1n) is 10.7. The Morgan fingerprint density at radius 3 is 2.68 bits per heavy atom. The number of carbonyl (C=O) groups is 1. The van der Waals surface area contributed by atoms with Crippen LogP contribution in [0.5, 0.6) is 11.5 Å². The lowest BCUT2D eigenvalue weighted by atomic mass is 10.2. The number of benzene rings is 3. The molecule has 1 amide bonds. The van der Waals surface area contributed by atoms with Crippen molar-refractivity contribution in [1.29, 1.82) is 0 Å². The van der Waals surface area contributed by atoms with Gasteiger partial charge in [0.2, 0.25) is 12.7 Å². The molecule has 6 rings (SSSR count). The monoisotopic (exact) mass is 469 g/mol. The molecule has 9 heteroatoms. The number of fused-ring (bicyclic) bond motifs is 4. The minimum absolute atomic E-state index is 0.157. The van der Waals surface area contributed by atoms with Crippen LogP contribution in [0, 0.1) is 0 Å². The number of carbonyl (C=O) groups excluding carboxylic acids is 1. The molecule has 1 atom stereocenters. The third-order valence-electron chi connectivity index (χ3n) is 5.54. The van der Waals surface area contributed by atoms with E-state index in [9.17, 15) is 4.79 Å². The van der Waals surface area contributed by atoms with Crippen molar-refractivity contribution in [1.82, 2.24) is 19.6 Å². The first kappa shape index (κ1) is 20.5. The summed E-state index contributed by atoms with van der Waals surface area (Å²) in [7, 11) is 0. The highest BCUT2D eigenvalue weighted by Crippen LogP contribution is 2.35. The first-order valence-corrected chi connectivity index (χ1v) is 11.6. The largest absolute Gasteiger partial charge is 0.454 e. The Balaban J connectivity index is 1.34. The molecule has 34 heavy (non-hydrogen) atoms. The first-order chi connectivity index (χ1) is 16.7. The lowest BCUT2D eigenvalue weighted by Gasteiger charge is -2.13. The molecule has 0 fully saturated rings. The minimum atomic E-state index is -0.437. The zero-order chi connectivity index (χ0) is 23.1. The maximum absolute atomic E-state index is 13.0. The molecule has 2 aromatic heterocycles. The van der Waals surface area contributed by atoms with Gasteiger partial charge in [0.25, 0.3) is 0 Å². The fourth-order valence-corrected chi connectivity index (χ4v) is 4.70. The Morgan fingerprint density at radius 1 is 1.00 bits per heavy atom. The number of para-hydroxylation sites is 1. The number of anilines is 1. The third kappa shape index (κ3) is 3.60. The van der Waals surface area contributed by atoms with Crippen molar-refractivity contribution in [2.45, 2.75) is 17.3 Å². The van der Waals surface area contributed by atoms with E-state index in [2.05, 4.69) is 15.5 Å². The number of aromatic nitrogens is 4. The van der Waals surface area contributed by atoms with E-state index in [-0.39, 0.29) is 12.7 Å². The van der Waals surface area contributed by atoms with Gasteiger partial charge in [0, 0.05) is 22.7 Å². The van der Waals surface area contributed by atoms with Gasteiger partial charge in [-0.05, 0) is 31.2 Å². The molecular weight excluding hydrogens is 450 g/mol. The highest BCUT2D eigenvalue weighted by molar-refractivity contribution is 8.00. The molecule has 1 N–H and O–H groups in total. The van der Waals surface area contributed by atoms with Gasteiger partial charge < -0.3 is 14.8 Å². The minimum Gasteiger partial charge on any atom is -0.454 e. The van der Waals surface area contributed by atoms with Crippen molar-refractivity contribution >= 4 is 39.9 Å². The SMILES string of the molecule is CC(Sc1nnc2c3ccccc3nc(-c3ccccc3)n12)C(=O)Nc1ccc2c(c1)OCO2. The summed E-state index contributed by atoms with van der Waals surface area (Å²) in [6, 6.07) is 23.1. The van der Waals surface area contributed by atoms with Gasteiger partial charge in [0.15, 0.2) is 22.3 Å². The van der Waals surface area contributed by atoms with E-state index in [1.807, 2.05) is 65.9 Å². The average Bonchev–Trinajstić information content (AvgIpc) is 3.51. The smallest absolute Gasteiger partial charge is 0.237 e. The number of amides is 1. The Labute approximate surface area is 198 Å². The van der Waals surface area contributed by atoms with Crippen LogP contribution < -0.4 is 14.8 Å². The van der Waals surface area contributed by atoms with Gasteiger partial charge in [-0.15, -0.1) is 10.2 Å². The number of hydrogen-bond donors (Lipinski definition) is 1. The number of ether oxygens (including phenoxy) is 2. The number of nitrogens with one attached hydrogen (secondary N) is 1.